The predicted octanol–water partition coefficient (Wildman–Crippen LogP) is 3.63. The number of hydrogen-bond donors (Lipinski definition) is 1. The van der Waals surface area contributed by atoms with Gasteiger partial charge in [0.2, 0.25) is 0 Å². The van der Waals surface area contributed by atoms with E-state index in [1.165, 1.54) is 16.7 Å². The van der Waals surface area contributed by atoms with Crippen molar-refractivity contribution in [3.05, 3.63) is 72.1 Å². The van der Waals surface area contributed by atoms with Crippen LogP contribution < -0.4 is 10.2 Å². The van der Waals surface area contributed by atoms with Crippen LogP contribution in [0, 0.1) is 6.92 Å². The van der Waals surface area contributed by atoms with E-state index in [1.54, 1.807) is 0 Å². The zero-order valence-electron chi connectivity index (χ0n) is 14.9. The predicted molar refractivity (Wildman–Crippen MR) is 103 cm³/mol. The Kier molecular flexibility index (Phi) is 4.44. The number of amides is 2. The van der Waals surface area contributed by atoms with Crippen molar-refractivity contribution in [3.8, 4) is 11.1 Å². The van der Waals surface area contributed by atoms with Crippen molar-refractivity contribution < 1.29 is 4.79 Å². The van der Waals surface area contributed by atoms with Crippen LogP contribution in [0.15, 0.2) is 60.9 Å². The van der Waals surface area contributed by atoms with E-state index < -0.39 is 0 Å². The average Bonchev–Trinajstić information content (AvgIpc) is 3.28. The fraction of sp³-hybridized carbons (Fsp3) is 0.238. The molecular formula is C21H22N4O. The largest absolute Gasteiger partial charge is 0.336 e. The number of aryl methyl sites for hydroxylation is 1. The number of carbonyl (C=O) groups is 1. The van der Waals surface area contributed by atoms with Gasteiger partial charge in [-0.25, -0.2) is 4.79 Å². The van der Waals surface area contributed by atoms with Gasteiger partial charge in [-0.3, -0.25) is 9.58 Å². The van der Waals surface area contributed by atoms with Crippen LogP contribution in [0.5, 0.6) is 0 Å². The summed E-state index contributed by atoms with van der Waals surface area (Å²) in [4.78, 5) is 14.4. The minimum atomic E-state index is -0.0416. The highest BCUT2D eigenvalue weighted by Gasteiger charge is 2.24. The molecule has 0 radical (unpaired) electrons. The summed E-state index contributed by atoms with van der Waals surface area (Å²) in [7, 11) is 0. The molecule has 1 aromatic heterocycles. The maximum Gasteiger partial charge on any atom is 0.321 e. The number of hydrogen-bond acceptors (Lipinski definition) is 2. The maximum atomic E-state index is 12.5. The lowest BCUT2D eigenvalue weighted by molar-refractivity contribution is 0.246. The Bertz CT molecular complexity index is 917. The van der Waals surface area contributed by atoms with Gasteiger partial charge in [-0.05, 0) is 47.7 Å². The molecule has 3 aromatic rings. The van der Waals surface area contributed by atoms with E-state index in [0.29, 0.717) is 13.1 Å². The van der Waals surface area contributed by atoms with Crippen LogP contribution in [0.25, 0.3) is 11.1 Å². The molecule has 1 aliphatic rings. The minimum absolute atomic E-state index is 0.0416. The molecule has 0 saturated heterocycles. The molecule has 5 heteroatoms. The van der Waals surface area contributed by atoms with E-state index in [1.807, 2.05) is 47.1 Å². The van der Waals surface area contributed by atoms with E-state index in [2.05, 4.69) is 40.7 Å². The summed E-state index contributed by atoms with van der Waals surface area (Å²) >= 11 is 0. The van der Waals surface area contributed by atoms with E-state index in [0.717, 1.165) is 24.2 Å². The molecule has 0 saturated carbocycles. The van der Waals surface area contributed by atoms with E-state index >= 15 is 0 Å². The van der Waals surface area contributed by atoms with Crippen molar-refractivity contribution in [1.29, 1.82) is 0 Å². The highest BCUT2D eigenvalue weighted by Crippen LogP contribution is 2.32. The molecular weight excluding hydrogens is 324 g/mol. The fourth-order valence-electron chi connectivity index (χ4n) is 3.38. The number of nitrogens with zero attached hydrogens (tertiary/aromatic N) is 3. The van der Waals surface area contributed by atoms with Crippen molar-refractivity contribution in [2.75, 3.05) is 18.0 Å². The second-order valence-corrected chi connectivity index (χ2v) is 6.62. The zero-order valence-corrected chi connectivity index (χ0v) is 14.9. The summed E-state index contributed by atoms with van der Waals surface area (Å²) in [5, 5.41) is 7.23. The summed E-state index contributed by atoms with van der Waals surface area (Å²) < 4.78 is 1.85. The van der Waals surface area contributed by atoms with Crippen molar-refractivity contribution in [2.24, 2.45) is 0 Å². The van der Waals surface area contributed by atoms with Gasteiger partial charge in [0.15, 0.2) is 0 Å². The lowest BCUT2D eigenvalue weighted by Gasteiger charge is -2.18. The van der Waals surface area contributed by atoms with Gasteiger partial charge in [-0.15, -0.1) is 0 Å². The van der Waals surface area contributed by atoms with Crippen molar-refractivity contribution >= 4 is 11.7 Å². The smallest absolute Gasteiger partial charge is 0.321 e. The Hall–Kier alpha value is -3.08. The van der Waals surface area contributed by atoms with Crippen molar-refractivity contribution in [1.82, 2.24) is 15.1 Å². The third-order valence-electron chi connectivity index (χ3n) is 4.71. The van der Waals surface area contributed by atoms with E-state index in [-0.39, 0.29) is 6.03 Å². The number of fused-ring (bicyclic) bond motifs is 1. The number of aromatic nitrogens is 2. The van der Waals surface area contributed by atoms with Crippen LogP contribution in [0.2, 0.25) is 0 Å². The first kappa shape index (κ1) is 16.4. The topological polar surface area (TPSA) is 50.2 Å². The van der Waals surface area contributed by atoms with Crippen LogP contribution in [0.1, 0.15) is 11.1 Å². The Morgan fingerprint density at radius 2 is 2.00 bits per heavy atom. The van der Waals surface area contributed by atoms with Crippen LogP contribution in [0.4, 0.5) is 10.5 Å². The molecule has 0 bridgehead atoms. The molecule has 4 rings (SSSR count). The Morgan fingerprint density at radius 1 is 1.15 bits per heavy atom. The first-order chi connectivity index (χ1) is 12.7. The highest BCUT2D eigenvalue weighted by molar-refractivity contribution is 5.94. The molecule has 26 heavy (non-hydrogen) atoms. The lowest BCUT2D eigenvalue weighted by Crippen LogP contribution is -2.40. The Morgan fingerprint density at radius 3 is 2.77 bits per heavy atom. The standard InChI is InChI=1S/C21H22N4O/c1-16-14-23-24(15-16)12-10-22-21(26)25-11-9-19-13-18(7-8-20(19)25)17-5-3-2-4-6-17/h2-8,13-15H,9-12H2,1H3,(H,22,26). The van der Waals surface area contributed by atoms with Gasteiger partial charge in [-0.2, -0.15) is 5.10 Å². The molecule has 132 valence electrons. The van der Waals surface area contributed by atoms with Crippen LogP contribution in [0.3, 0.4) is 0 Å². The number of rotatable bonds is 4. The monoisotopic (exact) mass is 346 g/mol. The third kappa shape index (κ3) is 3.33. The third-order valence-corrected chi connectivity index (χ3v) is 4.71. The van der Waals surface area contributed by atoms with E-state index in [9.17, 15) is 4.79 Å². The molecule has 5 nitrogen and oxygen atoms in total. The Balaban J connectivity index is 1.41. The molecule has 2 heterocycles. The quantitative estimate of drug-likeness (QED) is 0.784. The summed E-state index contributed by atoms with van der Waals surface area (Å²) in [6.45, 7) is 3.97. The first-order valence-corrected chi connectivity index (χ1v) is 8.93. The molecule has 2 amide bonds. The molecule has 0 atom stereocenters. The molecule has 0 fully saturated rings. The zero-order chi connectivity index (χ0) is 17.9. The van der Waals surface area contributed by atoms with Crippen molar-refractivity contribution in [2.45, 2.75) is 19.9 Å². The summed E-state index contributed by atoms with van der Waals surface area (Å²) in [5.74, 6) is 0. The average molecular weight is 346 g/mol. The van der Waals surface area contributed by atoms with Gasteiger partial charge < -0.3 is 5.32 Å². The van der Waals surface area contributed by atoms with Crippen LogP contribution >= 0.6 is 0 Å². The van der Waals surface area contributed by atoms with Gasteiger partial charge >= 0.3 is 6.03 Å². The minimum Gasteiger partial charge on any atom is -0.336 e. The number of benzene rings is 2. The summed E-state index contributed by atoms with van der Waals surface area (Å²) in [5.41, 5.74) is 5.76. The van der Waals surface area contributed by atoms with E-state index in [4.69, 9.17) is 0 Å². The molecule has 0 spiro atoms. The highest BCUT2D eigenvalue weighted by atomic mass is 16.2. The fourth-order valence-corrected chi connectivity index (χ4v) is 3.38. The number of urea groups is 1. The summed E-state index contributed by atoms with van der Waals surface area (Å²) in [6, 6.07) is 16.6. The normalized spacial score (nSPS) is 12.9. The van der Waals surface area contributed by atoms with Gasteiger partial charge in [0.1, 0.15) is 0 Å². The number of carbonyl (C=O) groups excluding carboxylic acids is 1. The van der Waals surface area contributed by atoms with Crippen LogP contribution in [-0.4, -0.2) is 28.9 Å². The molecule has 2 aromatic carbocycles. The molecule has 0 aliphatic carbocycles. The number of anilines is 1. The molecule has 1 N–H and O–H groups in total. The summed E-state index contributed by atoms with van der Waals surface area (Å²) in [6.07, 6.45) is 4.69. The van der Waals surface area contributed by atoms with Gasteiger partial charge in [-0.1, -0.05) is 36.4 Å². The number of nitrogens with one attached hydrogen (secondary N) is 1. The SMILES string of the molecule is Cc1cnn(CCNC(=O)N2CCc3cc(-c4ccccc4)ccc32)c1. The van der Waals surface area contributed by atoms with Gasteiger partial charge in [0.05, 0.1) is 12.7 Å². The van der Waals surface area contributed by atoms with Gasteiger partial charge in [0, 0.05) is 25.0 Å². The van der Waals surface area contributed by atoms with Crippen LogP contribution in [-0.2, 0) is 13.0 Å². The second-order valence-electron chi connectivity index (χ2n) is 6.62. The molecule has 0 unspecified atom stereocenters. The first-order valence-electron chi connectivity index (χ1n) is 8.93. The van der Waals surface area contributed by atoms with Gasteiger partial charge in [0.25, 0.3) is 0 Å². The second kappa shape index (κ2) is 7.04. The maximum absolute atomic E-state index is 12.5. The molecule has 1 aliphatic heterocycles. The Labute approximate surface area is 153 Å². The lowest BCUT2D eigenvalue weighted by atomic mass is 10.0. The van der Waals surface area contributed by atoms with Crippen molar-refractivity contribution in [3.63, 3.8) is 0 Å².